The van der Waals surface area contributed by atoms with Crippen LogP contribution in [-0.2, 0) is 12.8 Å². The van der Waals surface area contributed by atoms with Crippen molar-refractivity contribution in [3.8, 4) is 0 Å². The molecule has 0 bridgehead atoms. The van der Waals surface area contributed by atoms with E-state index in [0.29, 0.717) is 11.8 Å². The minimum absolute atomic E-state index is 0.501. The van der Waals surface area contributed by atoms with Crippen molar-refractivity contribution < 1.29 is 0 Å². The van der Waals surface area contributed by atoms with Gasteiger partial charge in [-0.25, -0.2) is 0 Å². The van der Waals surface area contributed by atoms with Crippen LogP contribution in [0.3, 0.4) is 0 Å². The highest BCUT2D eigenvalue weighted by molar-refractivity contribution is 6.18. The van der Waals surface area contributed by atoms with Crippen LogP contribution in [0.4, 0.5) is 0 Å². The first-order chi connectivity index (χ1) is 9.58. The van der Waals surface area contributed by atoms with Gasteiger partial charge in [0.05, 0.1) is 0 Å². The first-order valence-electron chi connectivity index (χ1n) is 7.26. The summed E-state index contributed by atoms with van der Waals surface area (Å²) in [5.74, 6) is 1.21. The maximum absolute atomic E-state index is 6.18. The molecule has 0 aliphatic carbocycles. The molecular weight excluding hydrogens is 264 g/mol. The molecule has 20 heavy (non-hydrogen) atoms. The molecule has 0 saturated heterocycles. The van der Waals surface area contributed by atoms with Gasteiger partial charge in [-0.3, -0.25) is 0 Å². The van der Waals surface area contributed by atoms with Gasteiger partial charge < -0.3 is 0 Å². The molecule has 1 atom stereocenters. The highest BCUT2D eigenvalue weighted by Gasteiger charge is 2.10. The number of aryl methyl sites for hydroxylation is 3. The molecule has 1 heteroatoms. The van der Waals surface area contributed by atoms with E-state index >= 15 is 0 Å². The molecule has 0 N–H and O–H groups in total. The molecule has 0 aromatic heterocycles. The Morgan fingerprint density at radius 1 is 0.850 bits per heavy atom. The van der Waals surface area contributed by atoms with Crippen LogP contribution in [0.5, 0.6) is 0 Å². The van der Waals surface area contributed by atoms with Crippen molar-refractivity contribution in [1.29, 1.82) is 0 Å². The van der Waals surface area contributed by atoms with E-state index in [2.05, 4.69) is 63.2 Å². The van der Waals surface area contributed by atoms with Crippen molar-refractivity contribution in [3.05, 3.63) is 70.3 Å². The van der Waals surface area contributed by atoms with Crippen LogP contribution < -0.4 is 0 Å². The van der Waals surface area contributed by atoms with Gasteiger partial charge in [0.1, 0.15) is 0 Å². The van der Waals surface area contributed by atoms with Crippen LogP contribution in [0.1, 0.15) is 27.8 Å². The third-order valence-corrected chi connectivity index (χ3v) is 4.36. The van der Waals surface area contributed by atoms with Crippen LogP contribution in [0.15, 0.2) is 42.5 Å². The summed E-state index contributed by atoms with van der Waals surface area (Å²) in [6, 6.07) is 15.5. The summed E-state index contributed by atoms with van der Waals surface area (Å²) in [5, 5.41) is 0. The van der Waals surface area contributed by atoms with E-state index in [1.807, 2.05) is 0 Å². The quantitative estimate of drug-likeness (QED) is 0.658. The largest absolute Gasteiger partial charge is 0.126 e. The van der Waals surface area contributed by atoms with E-state index in [-0.39, 0.29) is 0 Å². The molecule has 2 aromatic carbocycles. The van der Waals surface area contributed by atoms with Crippen molar-refractivity contribution in [1.82, 2.24) is 0 Å². The average Bonchev–Trinajstić information content (AvgIpc) is 2.42. The van der Waals surface area contributed by atoms with Gasteiger partial charge in [-0.15, -0.1) is 11.6 Å². The van der Waals surface area contributed by atoms with Gasteiger partial charge in [0, 0.05) is 5.88 Å². The van der Waals surface area contributed by atoms with E-state index in [0.717, 1.165) is 12.8 Å². The summed E-state index contributed by atoms with van der Waals surface area (Å²) in [6.45, 7) is 6.47. The van der Waals surface area contributed by atoms with Gasteiger partial charge in [0.15, 0.2) is 0 Å². The fraction of sp³-hybridized carbons (Fsp3) is 0.368. The summed E-state index contributed by atoms with van der Waals surface area (Å²) in [6.07, 6.45) is 2.11. The molecule has 0 fully saturated rings. The lowest BCUT2D eigenvalue weighted by Gasteiger charge is -2.15. The molecule has 0 aliphatic rings. The maximum atomic E-state index is 6.18. The third kappa shape index (κ3) is 4.11. The Hall–Kier alpha value is -1.27. The molecule has 106 valence electrons. The molecule has 0 amide bonds. The number of hydrogen-bond donors (Lipinski definition) is 0. The number of benzene rings is 2. The van der Waals surface area contributed by atoms with Gasteiger partial charge in [-0.05, 0) is 61.8 Å². The third-order valence-electron chi connectivity index (χ3n) is 3.92. The molecule has 1 unspecified atom stereocenters. The number of alkyl halides is 1. The zero-order valence-electron chi connectivity index (χ0n) is 12.6. The van der Waals surface area contributed by atoms with Crippen molar-refractivity contribution >= 4 is 11.6 Å². The fourth-order valence-corrected chi connectivity index (χ4v) is 2.84. The Labute approximate surface area is 127 Å². The van der Waals surface area contributed by atoms with E-state index < -0.39 is 0 Å². The second-order valence-electron chi connectivity index (χ2n) is 5.84. The van der Waals surface area contributed by atoms with Gasteiger partial charge in [-0.2, -0.15) is 0 Å². The second kappa shape index (κ2) is 6.95. The molecule has 2 rings (SSSR count). The lowest BCUT2D eigenvalue weighted by molar-refractivity contribution is 0.583. The van der Waals surface area contributed by atoms with Crippen molar-refractivity contribution in [2.45, 2.75) is 33.6 Å². The zero-order chi connectivity index (χ0) is 14.5. The second-order valence-corrected chi connectivity index (χ2v) is 6.14. The molecular formula is C19H23Cl. The summed E-state index contributed by atoms with van der Waals surface area (Å²) in [7, 11) is 0. The number of rotatable bonds is 5. The van der Waals surface area contributed by atoms with Crippen molar-refractivity contribution in [2.24, 2.45) is 5.92 Å². The Morgan fingerprint density at radius 2 is 1.55 bits per heavy atom. The Morgan fingerprint density at radius 3 is 2.15 bits per heavy atom. The van der Waals surface area contributed by atoms with Gasteiger partial charge in [-0.1, -0.05) is 48.0 Å². The number of halogens is 1. The van der Waals surface area contributed by atoms with Crippen LogP contribution in [0.25, 0.3) is 0 Å². The van der Waals surface area contributed by atoms with Crippen molar-refractivity contribution in [3.63, 3.8) is 0 Å². The monoisotopic (exact) mass is 286 g/mol. The summed E-state index contributed by atoms with van der Waals surface area (Å²) in [5.41, 5.74) is 6.83. The molecule has 0 heterocycles. The van der Waals surface area contributed by atoms with Crippen LogP contribution in [0.2, 0.25) is 0 Å². The summed E-state index contributed by atoms with van der Waals surface area (Å²) in [4.78, 5) is 0. The highest BCUT2D eigenvalue weighted by Crippen LogP contribution is 2.19. The summed E-state index contributed by atoms with van der Waals surface area (Å²) < 4.78 is 0. The zero-order valence-corrected chi connectivity index (χ0v) is 13.4. The first-order valence-corrected chi connectivity index (χ1v) is 7.79. The van der Waals surface area contributed by atoms with E-state index in [4.69, 9.17) is 11.6 Å². The molecule has 0 radical (unpaired) electrons. The van der Waals surface area contributed by atoms with Crippen LogP contribution in [-0.4, -0.2) is 5.88 Å². The molecule has 0 nitrogen and oxygen atoms in total. The molecule has 0 saturated carbocycles. The van der Waals surface area contributed by atoms with Crippen LogP contribution >= 0.6 is 11.6 Å². The standard InChI is InChI=1S/C19H23Cl/c1-14-5-4-6-17(9-14)11-19(13-20)12-18-8-7-15(2)16(3)10-18/h4-10,19H,11-13H2,1-3H3. The van der Waals surface area contributed by atoms with Crippen LogP contribution in [0, 0.1) is 26.7 Å². The molecule has 0 aliphatic heterocycles. The number of hydrogen-bond acceptors (Lipinski definition) is 0. The van der Waals surface area contributed by atoms with Gasteiger partial charge in [0.25, 0.3) is 0 Å². The van der Waals surface area contributed by atoms with E-state index in [9.17, 15) is 0 Å². The van der Waals surface area contributed by atoms with E-state index in [1.165, 1.54) is 27.8 Å². The van der Waals surface area contributed by atoms with Gasteiger partial charge >= 0.3 is 0 Å². The highest BCUT2D eigenvalue weighted by atomic mass is 35.5. The molecule has 2 aromatic rings. The van der Waals surface area contributed by atoms with Crippen molar-refractivity contribution in [2.75, 3.05) is 5.88 Å². The minimum Gasteiger partial charge on any atom is -0.126 e. The smallest absolute Gasteiger partial charge is 0.0258 e. The Bertz CT molecular complexity index is 572. The Kier molecular flexibility index (Phi) is 5.25. The minimum atomic E-state index is 0.501. The predicted octanol–water partition coefficient (Wildman–Crippen LogP) is 5.25. The predicted molar refractivity (Wildman–Crippen MR) is 88.7 cm³/mol. The summed E-state index contributed by atoms with van der Waals surface area (Å²) >= 11 is 6.18. The lowest BCUT2D eigenvalue weighted by Crippen LogP contribution is -2.10. The van der Waals surface area contributed by atoms with Gasteiger partial charge in [0.2, 0.25) is 0 Å². The lowest BCUT2D eigenvalue weighted by atomic mass is 9.92. The molecule has 0 spiro atoms. The van der Waals surface area contributed by atoms with E-state index in [1.54, 1.807) is 0 Å². The normalized spacial score (nSPS) is 12.4. The Balaban J connectivity index is 2.07. The SMILES string of the molecule is Cc1cccc(CC(CCl)Cc2ccc(C)c(C)c2)c1. The fourth-order valence-electron chi connectivity index (χ4n) is 2.62. The topological polar surface area (TPSA) is 0 Å². The average molecular weight is 287 g/mol. The maximum Gasteiger partial charge on any atom is 0.0258 e. The first kappa shape index (κ1) is 15.1.